The minimum Gasteiger partial charge on any atom is -0.480 e. The van der Waals surface area contributed by atoms with Crippen LogP contribution < -0.4 is 5.32 Å². The maximum atomic E-state index is 12.3. The smallest absolute Gasteiger partial charge is 0.317 e. The normalized spacial score (nSPS) is 10.2. The first-order valence-electron chi connectivity index (χ1n) is 8.44. The quantitative estimate of drug-likeness (QED) is 0.703. The van der Waals surface area contributed by atoms with E-state index in [1.54, 1.807) is 4.90 Å². The minimum atomic E-state index is -0.925. The number of para-hydroxylation sites is 1. The van der Waals surface area contributed by atoms with Crippen molar-refractivity contribution in [3.05, 3.63) is 65.7 Å². The van der Waals surface area contributed by atoms with Gasteiger partial charge in [-0.1, -0.05) is 55.5 Å². The van der Waals surface area contributed by atoms with Gasteiger partial charge in [0.05, 0.1) is 13.1 Å². The highest BCUT2D eigenvalue weighted by Gasteiger charge is 2.14. The summed E-state index contributed by atoms with van der Waals surface area (Å²) in [5.41, 5.74) is 2.97. The Kier molecular flexibility index (Phi) is 9.41. The molecule has 5 nitrogen and oxygen atoms in total. The number of aliphatic carboxylic acids is 1. The van der Waals surface area contributed by atoms with Crippen molar-refractivity contribution in [2.75, 3.05) is 25.0 Å². The second-order valence-electron chi connectivity index (χ2n) is 5.97. The van der Waals surface area contributed by atoms with Crippen molar-refractivity contribution in [2.45, 2.75) is 19.8 Å². The Bertz CT molecular complexity index is 707. The van der Waals surface area contributed by atoms with Gasteiger partial charge in [0, 0.05) is 5.69 Å². The van der Waals surface area contributed by atoms with Crippen LogP contribution in [0.1, 0.15) is 24.5 Å². The molecule has 0 bridgehead atoms. The van der Waals surface area contributed by atoms with Crippen LogP contribution >= 0.6 is 12.4 Å². The number of hydrogen-bond acceptors (Lipinski definition) is 3. The Morgan fingerprint density at radius 1 is 1.00 bits per heavy atom. The van der Waals surface area contributed by atoms with E-state index >= 15 is 0 Å². The zero-order valence-corrected chi connectivity index (χ0v) is 15.7. The number of nitrogens with one attached hydrogen (secondary N) is 1. The molecule has 1 amide bonds. The SMILES string of the molecule is CCCN(CC(=O)O)CC(=O)Nc1ccccc1Cc1ccccc1.Cl. The molecule has 0 fully saturated rings. The van der Waals surface area contributed by atoms with E-state index < -0.39 is 5.97 Å². The lowest BCUT2D eigenvalue weighted by Crippen LogP contribution is -2.37. The van der Waals surface area contributed by atoms with Crippen LogP contribution in [0.3, 0.4) is 0 Å². The third-order valence-corrected chi connectivity index (χ3v) is 3.79. The summed E-state index contributed by atoms with van der Waals surface area (Å²) in [7, 11) is 0. The number of anilines is 1. The fourth-order valence-electron chi connectivity index (χ4n) is 2.73. The molecule has 6 heteroatoms. The summed E-state index contributed by atoms with van der Waals surface area (Å²) in [4.78, 5) is 24.9. The van der Waals surface area contributed by atoms with E-state index in [2.05, 4.69) is 17.4 Å². The van der Waals surface area contributed by atoms with Gasteiger partial charge in [-0.2, -0.15) is 0 Å². The number of hydrogen-bond donors (Lipinski definition) is 2. The van der Waals surface area contributed by atoms with Gasteiger partial charge in [0.25, 0.3) is 0 Å². The molecule has 0 saturated heterocycles. The number of nitrogens with zero attached hydrogens (tertiary/aromatic N) is 1. The lowest BCUT2D eigenvalue weighted by atomic mass is 10.0. The Hall–Kier alpha value is -2.37. The number of carbonyl (C=O) groups excluding carboxylic acids is 1. The number of carbonyl (C=O) groups is 2. The molecule has 2 aromatic carbocycles. The van der Waals surface area contributed by atoms with Crippen molar-refractivity contribution in [1.29, 1.82) is 0 Å². The molecule has 2 N–H and O–H groups in total. The topological polar surface area (TPSA) is 69.6 Å². The first-order chi connectivity index (χ1) is 12.1. The van der Waals surface area contributed by atoms with E-state index in [1.807, 2.05) is 49.4 Å². The van der Waals surface area contributed by atoms with Crippen LogP contribution in [0.25, 0.3) is 0 Å². The minimum absolute atomic E-state index is 0. The summed E-state index contributed by atoms with van der Waals surface area (Å²) in [5, 5.41) is 11.9. The Labute approximate surface area is 160 Å². The van der Waals surface area contributed by atoms with E-state index in [1.165, 1.54) is 5.56 Å². The number of halogens is 1. The summed E-state index contributed by atoms with van der Waals surface area (Å²) >= 11 is 0. The summed E-state index contributed by atoms with van der Waals surface area (Å²) < 4.78 is 0. The first kappa shape index (κ1) is 21.7. The molecule has 0 spiro atoms. The summed E-state index contributed by atoms with van der Waals surface area (Å²) in [6.45, 7) is 2.47. The van der Waals surface area contributed by atoms with Gasteiger partial charge in [-0.15, -0.1) is 12.4 Å². The molecule has 0 unspecified atom stereocenters. The van der Waals surface area contributed by atoms with Gasteiger partial charge in [0.1, 0.15) is 0 Å². The fraction of sp³-hybridized carbons (Fsp3) is 0.300. The maximum absolute atomic E-state index is 12.3. The fourth-order valence-corrected chi connectivity index (χ4v) is 2.73. The van der Waals surface area contributed by atoms with Gasteiger partial charge in [0.2, 0.25) is 5.91 Å². The molecular weight excluding hydrogens is 352 g/mol. The molecule has 0 aromatic heterocycles. The van der Waals surface area contributed by atoms with E-state index in [0.717, 1.165) is 24.1 Å². The summed E-state index contributed by atoms with van der Waals surface area (Å²) in [5.74, 6) is -1.12. The Balaban J connectivity index is 0.00000338. The highest BCUT2D eigenvalue weighted by molar-refractivity contribution is 5.93. The van der Waals surface area contributed by atoms with E-state index in [-0.39, 0.29) is 31.4 Å². The largest absolute Gasteiger partial charge is 0.480 e. The molecule has 140 valence electrons. The van der Waals surface area contributed by atoms with Crippen molar-refractivity contribution in [3.8, 4) is 0 Å². The summed E-state index contributed by atoms with van der Waals surface area (Å²) in [6.07, 6.45) is 1.52. The van der Waals surface area contributed by atoms with Crippen LogP contribution in [0.5, 0.6) is 0 Å². The molecule has 2 aromatic rings. The molecule has 0 aliphatic rings. The van der Waals surface area contributed by atoms with Crippen LogP contribution in [-0.2, 0) is 16.0 Å². The third kappa shape index (κ3) is 7.25. The molecular formula is C20H25ClN2O3. The van der Waals surface area contributed by atoms with Crippen LogP contribution in [0.2, 0.25) is 0 Å². The molecule has 0 aliphatic carbocycles. The van der Waals surface area contributed by atoms with Gasteiger partial charge < -0.3 is 10.4 Å². The predicted octanol–water partition coefficient (Wildman–Crippen LogP) is 3.43. The van der Waals surface area contributed by atoms with Crippen LogP contribution in [0, 0.1) is 0 Å². The monoisotopic (exact) mass is 376 g/mol. The maximum Gasteiger partial charge on any atom is 0.317 e. The molecule has 26 heavy (non-hydrogen) atoms. The standard InChI is InChI=1S/C20H24N2O3.ClH/c1-2-12-22(15-20(24)25)14-19(23)21-18-11-7-6-10-17(18)13-16-8-4-3-5-9-16;/h3-11H,2,12-15H2,1H3,(H,21,23)(H,24,25);1H. The number of carboxylic acid groups (broad SMARTS) is 1. The Morgan fingerprint density at radius 3 is 2.31 bits per heavy atom. The van der Waals surface area contributed by atoms with E-state index in [0.29, 0.717) is 6.54 Å². The molecule has 2 rings (SSSR count). The van der Waals surface area contributed by atoms with Crippen molar-refractivity contribution in [3.63, 3.8) is 0 Å². The van der Waals surface area contributed by atoms with Crippen molar-refractivity contribution < 1.29 is 14.7 Å². The van der Waals surface area contributed by atoms with Crippen molar-refractivity contribution in [2.24, 2.45) is 0 Å². The number of carboxylic acids is 1. The molecule has 0 heterocycles. The third-order valence-electron chi connectivity index (χ3n) is 3.79. The van der Waals surface area contributed by atoms with Crippen LogP contribution in [0.4, 0.5) is 5.69 Å². The number of rotatable bonds is 9. The second-order valence-corrected chi connectivity index (χ2v) is 5.97. The van der Waals surface area contributed by atoms with Crippen molar-refractivity contribution in [1.82, 2.24) is 4.90 Å². The van der Waals surface area contributed by atoms with Crippen molar-refractivity contribution >= 4 is 30.0 Å². The van der Waals surface area contributed by atoms with Crippen LogP contribution in [-0.4, -0.2) is 41.5 Å². The van der Waals surface area contributed by atoms with E-state index in [9.17, 15) is 9.59 Å². The Morgan fingerprint density at radius 2 is 1.65 bits per heavy atom. The predicted molar refractivity (Wildman–Crippen MR) is 106 cm³/mol. The molecule has 0 saturated carbocycles. The van der Waals surface area contributed by atoms with Gasteiger partial charge in [-0.3, -0.25) is 14.5 Å². The highest BCUT2D eigenvalue weighted by Crippen LogP contribution is 2.19. The molecule has 0 aliphatic heterocycles. The average molecular weight is 377 g/mol. The number of benzene rings is 2. The van der Waals surface area contributed by atoms with E-state index in [4.69, 9.17) is 5.11 Å². The second kappa shape index (κ2) is 11.3. The molecule has 0 atom stereocenters. The van der Waals surface area contributed by atoms with Crippen LogP contribution in [0.15, 0.2) is 54.6 Å². The van der Waals surface area contributed by atoms with Gasteiger partial charge >= 0.3 is 5.97 Å². The zero-order chi connectivity index (χ0) is 18.1. The first-order valence-corrected chi connectivity index (χ1v) is 8.44. The average Bonchev–Trinajstić information content (AvgIpc) is 2.57. The zero-order valence-electron chi connectivity index (χ0n) is 14.9. The van der Waals surface area contributed by atoms with Gasteiger partial charge in [-0.25, -0.2) is 0 Å². The molecule has 0 radical (unpaired) electrons. The van der Waals surface area contributed by atoms with Gasteiger partial charge in [-0.05, 0) is 36.6 Å². The highest BCUT2D eigenvalue weighted by atomic mass is 35.5. The lowest BCUT2D eigenvalue weighted by molar-refractivity contribution is -0.138. The lowest BCUT2D eigenvalue weighted by Gasteiger charge is -2.19. The van der Waals surface area contributed by atoms with Gasteiger partial charge in [0.15, 0.2) is 0 Å². The summed E-state index contributed by atoms with van der Waals surface area (Å²) in [6, 6.07) is 17.7. The number of amides is 1.